The van der Waals surface area contributed by atoms with Crippen LogP contribution in [-0.2, 0) is 11.3 Å². The average molecular weight is 278 g/mol. The van der Waals surface area contributed by atoms with Crippen molar-refractivity contribution in [3.8, 4) is 5.75 Å². The van der Waals surface area contributed by atoms with Crippen LogP contribution < -0.4 is 10.1 Å². The summed E-state index contributed by atoms with van der Waals surface area (Å²) in [6, 6.07) is 2.02. The van der Waals surface area contributed by atoms with E-state index in [1.54, 1.807) is 0 Å². The molecular weight excluding hydrogens is 252 g/mol. The second-order valence-corrected chi connectivity index (χ2v) is 5.90. The molecule has 1 aromatic heterocycles. The number of nitrogens with one attached hydrogen (secondary N) is 1. The van der Waals surface area contributed by atoms with Gasteiger partial charge >= 0.3 is 0 Å². The SMILES string of the molecule is Cc1cc(OCC2CCCO2)c(CNCC(C)C)cn1. The van der Waals surface area contributed by atoms with Crippen LogP contribution >= 0.6 is 0 Å². The molecule has 4 heteroatoms. The highest BCUT2D eigenvalue weighted by Gasteiger charge is 2.17. The fourth-order valence-electron chi connectivity index (χ4n) is 2.28. The first-order chi connectivity index (χ1) is 9.65. The number of ether oxygens (including phenoxy) is 2. The van der Waals surface area contributed by atoms with Gasteiger partial charge in [0.2, 0.25) is 0 Å². The van der Waals surface area contributed by atoms with E-state index in [2.05, 4.69) is 24.1 Å². The summed E-state index contributed by atoms with van der Waals surface area (Å²) in [5.74, 6) is 1.58. The van der Waals surface area contributed by atoms with Crippen molar-refractivity contribution in [2.24, 2.45) is 5.92 Å². The van der Waals surface area contributed by atoms with Crippen LogP contribution in [-0.4, -0.2) is 30.8 Å². The molecule has 1 atom stereocenters. The smallest absolute Gasteiger partial charge is 0.127 e. The Bertz CT molecular complexity index is 415. The van der Waals surface area contributed by atoms with Gasteiger partial charge in [0.15, 0.2) is 0 Å². The molecular formula is C16H26N2O2. The van der Waals surface area contributed by atoms with Gasteiger partial charge in [-0.1, -0.05) is 13.8 Å². The fraction of sp³-hybridized carbons (Fsp3) is 0.688. The van der Waals surface area contributed by atoms with Gasteiger partial charge in [0.1, 0.15) is 12.4 Å². The first kappa shape index (κ1) is 15.3. The normalized spacial score (nSPS) is 18.7. The standard InChI is InChI=1S/C16H26N2O2/c1-12(2)8-17-9-14-10-18-13(3)7-16(14)20-11-15-5-4-6-19-15/h7,10,12,15,17H,4-6,8-9,11H2,1-3H3. The summed E-state index contributed by atoms with van der Waals surface area (Å²) in [4.78, 5) is 4.37. The number of pyridine rings is 1. The zero-order valence-electron chi connectivity index (χ0n) is 12.8. The quantitative estimate of drug-likeness (QED) is 0.833. The Labute approximate surface area is 121 Å². The molecule has 1 aliphatic heterocycles. The van der Waals surface area contributed by atoms with Crippen LogP contribution in [0.3, 0.4) is 0 Å². The van der Waals surface area contributed by atoms with Crippen molar-refractivity contribution in [2.45, 2.75) is 46.3 Å². The lowest BCUT2D eigenvalue weighted by molar-refractivity contribution is 0.0675. The van der Waals surface area contributed by atoms with Gasteiger partial charge < -0.3 is 14.8 Å². The van der Waals surface area contributed by atoms with Gasteiger partial charge in [0, 0.05) is 36.7 Å². The van der Waals surface area contributed by atoms with E-state index in [4.69, 9.17) is 9.47 Å². The molecule has 1 N–H and O–H groups in total. The minimum atomic E-state index is 0.250. The lowest BCUT2D eigenvalue weighted by Gasteiger charge is -2.16. The van der Waals surface area contributed by atoms with Crippen LogP contribution in [0.5, 0.6) is 5.75 Å². The second kappa shape index (κ2) is 7.60. The number of aryl methyl sites for hydroxylation is 1. The molecule has 0 bridgehead atoms. The minimum Gasteiger partial charge on any atom is -0.490 e. The summed E-state index contributed by atoms with van der Waals surface area (Å²) in [5.41, 5.74) is 2.11. The zero-order chi connectivity index (χ0) is 14.4. The van der Waals surface area contributed by atoms with E-state index in [1.165, 1.54) is 0 Å². The van der Waals surface area contributed by atoms with E-state index in [1.807, 2.05) is 19.2 Å². The number of nitrogens with zero attached hydrogens (tertiary/aromatic N) is 1. The van der Waals surface area contributed by atoms with E-state index in [-0.39, 0.29) is 6.10 Å². The van der Waals surface area contributed by atoms with Crippen molar-refractivity contribution < 1.29 is 9.47 Å². The molecule has 0 amide bonds. The lowest BCUT2D eigenvalue weighted by Crippen LogP contribution is -2.21. The Morgan fingerprint density at radius 2 is 2.35 bits per heavy atom. The fourth-order valence-corrected chi connectivity index (χ4v) is 2.28. The number of aromatic nitrogens is 1. The second-order valence-electron chi connectivity index (χ2n) is 5.90. The van der Waals surface area contributed by atoms with Crippen molar-refractivity contribution in [3.05, 3.63) is 23.5 Å². The molecule has 0 saturated carbocycles. The molecule has 1 saturated heterocycles. The van der Waals surface area contributed by atoms with E-state index in [0.717, 1.165) is 49.5 Å². The topological polar surface area (TPSA) is 43.4 Å². The van der Waals surface area contributed by atoms with Crippen LogP contribution in [0.4, 0.5) is 0 Å². The van der Waals surface area contributed by atoms with Gasteiger partial charge in [-0.05, 0) is 32.2 Å². The van der Waals surface area contributed by atoms with Crippen LogP contribution in [0, 0.1) is 12.8 Å². The molecule has 1 aromatic rings. The number of hydrogen-bond acceptors (Lipinski definition) is 4. The van der Waals surface area contributed by atoms with E-state index in [9.17, 15) is 0 Å². The lowest BCUT2D eigenvalue weighted by atomic mass is 10.2. The third kappa shape index (κ3) is 4.76. The molecule has 0 radical (unpaired) electrons. The van der Waals surface area contributed by atoms with Gasteiger partial charge in [0.25, 0.3) is 0 Å². The van der Waals surface area contributed by atoms with Crippen LogP contribution in [0.2, 0.25) is 0 Å². The maximum absolute atomic E-state index is 5.95. The van der Waals surface area contributed by atoms with Gasteiger partial charge in [-0.25, -0.2) is 0 Å². The molecule has 2 rings (SSSR count). The van der Waals surface area contributed by atoms with Gasteiger partial charge in [-0.15, -0.1) is 0 Å². The Hall–Kier alpha value is -1.13. The van der Waals surface area contributed by atoms with Crippen molar-refractivity contribution >= 4 is 0 Å². The number of rotatable bonds is 7. The largest absolute Gasteiger partial charge is 0.490 e. The van der Waals surface area contributed by atoms with Crippen LogP contribution in [0.15, 0.2) is 12.3 Å². The van der Waals surface area contributed by atoms with Gasteiger partial charge in [0.05, 0.1) is 6.10 Å². The third-order valence-corrected chi connectivity index (χ3v) is 3.40. The van der Waals surface area contributed by atoms with E-state index < -0.39 is 0 Å². The molecule has 0 aromatic carbocycles. The van der Waals surface area contributed by atoms with Gasteiger partial charge in [-0.3, -0.25) is 4.98 Å². The summed E-state index contributed by atoms with van der Waals surface area (Å²) in [6.07, 6.45) is 4.41. The molecule has 112 valence electrons. The third-order valence-electron chi connectivity index (χ3n) is 3.40. The van der Waals surface area contributed by atoms with Crippen LogP contribution in [0.25, 0.3) is 0 Å². The predicted octanol–water partition coefficient (Wildman–Crippen LogP) is 2.69. The highest BCUT2D eigenvalue weighted by atomic mass is 16.5. The average Bonchev–Trinajstić information content (AvgIpc) is 2.91. The van der Waals surface area contributed by atoms with Crippen molar-refractivity contribution in [1.82, 2.24) is 10.3 Å². The minimum absolute atomic E-state index is 0.250. The molecule has 2 heterocycles. The summed E-state index contributed by atoms with van der Waals surface area (Å²) in [6.45, 7) is 9.70. The highest BCUT2D eigenvalue weighted by Crippen LogP contribution is 2.21. The maximum atomic E-state index is 5.95. The summed E-state index contributed by atoms with van der Waals surface area (Å²) in [5, 5.41) is 3.44. The van der Waals surface area contributed by atoms with Crippen molar-refractivity contribution in [1.29, 1.82) is 0 Å². The molecule has 0 aliphatic carbocycles. The molecule has 20 heavy (non-hydrogen) atoms. The maximum Gasteiger partial charge on any atom is 0.127 e. The first-order valence-corrected chi connectivity index (χ1v) is 7.56. The first-order valence-electron chi connectivity index (χ1n) is 7.56. The monoisotopic (exact) mass is 278 g/mol. The van der Waals surface area contributed by atoms with Gasteiger partial charge in [-0.2, -0.15) is 0 Å². The predicted molar refractivity (Wildman–Crippen MR) is 80.0 cm³/mol. The molecule has 4 nitrogen and oxygen atoms in total. The van der Waals surface area contributed by atoms with Crippen molar-refractivity contribution in [3.63, 3.8) is 0 Å². The number of hydrogen-bond donors (Lipinski definition) is 1. The summed E-state index contributed by atoms with van der Waals surface area (Å²) >= 11 is 0. The van der Waals surface area contributed by atoms with Crippen LogP contribution in [0.1, 0.15) is 37.9 Å². The van der Waals surface area contributed by atoms with E-state index >= 15 is 0 Å². The summed E-state index contributed by atoms with van der Waals surface area (Å²) < 4.78 is 11.6. The Morgan fingerprint density at radius 1 is 1.50 bits per heavy atom. The molecule has 1 unspecified atom stereocenters. The van der Waals surface area contributed by atoms with Crippen molar-refractivity contribution in [2.75, 3.05) is 19.8 Å². The zero-order valence-corrected chi connectivity index (χ0v) is 12.8. The summed E-state index contributed by atoms with van der Waals surface area (Å²) in [7, 11) is 0. The van der Waals surface area contributed by atoms with E-state index in [0.29, 0.717) is 12.5 Å². The molecule has 0 spiro atoms. The Morgan fingerprint density at radius 3 is 3.05 bits per heavy atom. The Kier molecular flexibility index (Phi) is 5.80. The molecule has 1 fully saturated rings. The highest BCUT2D eigenvalue weighted by molar-refractivity contribution is 5.32. The molecule has 1 aliphatic rings. The Balaban J connectivity index is 1.92.